The SMILES string of the molecule is CO[C@@H]1C2=CC[C@H](CC2)CSNC(=O)c2ccc3c(c2)N(C[C@@H]2CC[C@H]21)C[C@@]1(CCCc2cc(Cl)ccc21)CO3. The number of ether oxygens (including phenoxy) is 2. The van der Waals surface area contributed by atoms with Crippen LogP contribution in [0.5, 0.6) is 5.75 Å². The normalized spacial score (nSPS) is 31.7. The van der Waals surface area contributed by atoms with Crippen molar-refractivity contribution in [2.75, 3.05) is 37.5 Å². The minimum atomic E-state index is -0.114. The molecule has 5 atom stereocenters. The van der Waals surface area contributed by atoms with Gasteiger partial charge in [-0.2, -0.15) is 0 Å². The van der Waals surface area contributed by atoms with Crippen LogP contribution in [0.1, 0.15) is 66.4 Å². The standard InChI is InChI=1S/C33H39ClN2O3S/c1-38-31-22-6-4-21(5-7-22)18-40-35-32(37)24-9-13-30-29(16-24)36(17-25-8-11-27(25)31)19-33(20-39-30)14-2-3-23-15-26(34)10-12-28(23)33/h6,9-10,12-13,15-16,21,25,27,31H,2-5,7-8,11,14,17-20H2,1H3,(H,35,37)/t21-,25+,27-,31-,33+/m1/s1. The molecule has 1 amide bonds. The molecule has 3 heterocycles. The monoisotopic (exact) mass is 578 g/mol. The molecule has 7 heteroatoms. The average molecular weight is 579 g/mol. The average Bonchev–Trinajstić information content (AvgIpc) is 3.10. The van der Waals surface area contributed by atoms with Crippen LogP contribution in [0.2, 0.25) is 5.02 Å². The molecule has 6 aliphatic rings. The van der Waals surface area contributed by atoms with Crippen LogP contribution in [0.4, 0.5) is 5.69 Å². The number of nitrogens with one attached hydrogen (secondary N) is 1. The molecule has 0 saturated heterocycles. The third-order valence-electron chi connectivity index (χ3n) is 10.3. The summed E-state index contributed by atoms with van der Waals surface area (Å²) >= 11 is 7.98. The van der Waals surface area contributed by atoms with Gasteiger partial charge >= 0.3 is 0 Å². The first kappa shape index (κ1) is 26.7. The van der Waals surface area contributed by atoms with E-state index in [0.717, 1.165) is 67.4 Å². The largest absolute Gasteiger partial charge is 0.490 e. The maximum absolute atomic E-state index is 13.3. The van der Waals surface area contributed by atoms with Crippen molar-refractivity contribution >= 4 is 35.1 Å². The fraction of sp³-hybridized carbons (Fsp3) is 0.545. The van der Waals surface area contributed by atoms with Crippen molar-refractivity contribution in [3.05, 3.63) is 69.8 Å². The highest BCUT2D eigenvalue weighted by Gasteiger charge is 2.45. The summed E-state index contributed by atoms with van der Waals surface area (Å²) in [5.41, 5.74) is 5.85. The lowest BCUT2D eigenvalue weighted by atomic mass is 9.66. The number of hydrogen-bond acceptors (Lipinski definition) is 5. The van der Waals surface area contributed by atoms with E-state index in [2.05, 4.69) is 33.9 Å². The number of hydrogen-bond donors (Lipinski definition) is 1. The van der Waals surface area contributed by atoms with E-state index in [1.165, 1.54) is 36.0 Å². The molecule has 2 aromatic rings. The zero-order chi connectivity index (χ0) is 27.3. The van der Waals surface area contributed by atoms with E-state index >= 15 is 0 Å². The van der Waals surface area contributed by atoms with Crippen molar-refractivity contribution in [2.45, 2.75) is 62.9 Å². The smallest absolute Gasteiger partial charge is 0.261 e. The molecule has 2 aromatic carbocycles. The van der Waals surface area contributed by atoms with Gasteiger partial charge in [-0.3, -0.25) is 9.52 Å². The fourth-order valence-corrected chi connectivity index (χ4v) is 9.03. The Hall–Kier alpha value is -2.15. The predicted molar refractivity (Wildman–Crippen MR) is 163 cm³/mol. The molecule has 4 bridgehead atoms. The summed E-state index contributed by atoms with van der Waals surface area (Å²) in [5, 5.41) is 0.804. The fourth-order valence-electron chi connectivity index (χ4n) is 7.96. The van der Waals surface area contributed by atoms with Gasteiger partial charge in [-0.25, -0.2) is 0 Å². The van der Waals surface area contributed by atoms with E-state index in [9.17, 15) is 4.79 Å². The second-order valence-corrected chi connectivity index (χ2v) is 13.9. The molecule has 1 fully saturated rings. The number of fused-ring (bicyclic) bond motifs is 7. The Morgan fingerprint density at radius 1 is 1.15 bits per heavy atom. The molecular formula is C33H39ClN2O3S. The molecule has 5 nitrogen and oxygen atoms in total. The van der Waals surface area contributed by atoms with Crippen LogP contribution in [0.15, 0.2) is 48.0 Å². The highest BCUT2D eigenvalue weighted by Crippen LogP contribution is 2.48. The van der Waals surface area contributed by atoms with Crippen LogP contribution in [-0.4, -0.2) is 44.6 Å². The molecule has 1 saturated carbocycles. The minimum Gasteiger partial charge on any atom is -0.490 e. The lowest BCUT2D eigenvalue weighted by Crippen LogP contribution is -2.50. The number of carbonyl (C=O) groups is 1. The van der Waals surface area contributed by atoms with E-state index in [-0.39, 0.29) is 17.4 Å². The van der Waals surface area contributed by atoms with Crippen LogP contribution in [0.25, 0.3) is 0 Å². The molecule has 0 unspecified atom stereocenters. The van der Waals surface area contributed by atoms with Crippen LogP contribution in [0, 0.1) is 17.8 Å². The number of rotatable bonds is 1. The number of methoxy groups -OCH3 is 1. The van der Waals surface area contributed by atoms with Gasteiger partial charge in [0.05, 0.1) is 18.4 Å². The second kappa shape index (κ2) is 10.9. The van der Waals surface area contributed by atoms with E-state index in [0.29, 0.717) is 29.9 Å². The number of aryl methyl sites for hydroxylation is 1. The molecular weight excluding hydrogens is 540 g/mol. The molecule has 8 rings (SSSR count). The van der Waals surface area contributed by atoms with Gasteiger partial charge in [-0.05, 0) is 128 Å². The van der Waals surface area contributed by atoms with Crippen molar-refractivity contribution < 1.29 is 14.3 Å². The van der Waals surface area contributed by atoms with Gasteiger partial charge in [0.25, 0.3) is 5.91 Å². The summed E-state index contributed by atoms with van der Waals surface area (Å²) in [6.45, 7) is 2.45. The van der Waals surface area contributed by atoms with Crippen molar-refractivity contribution in [1.29, 1.82) is 0 Å². The van der Waals surface area contributed by atoms with Crippen LogP contribution in [-0.2, 0) is 16.6 Å². The number of benzene rings is 2. The van der Waals surface area contributed by atoms with Gasteiger partial charge in [0, 0.05) is 42.0 Å². The molecule has 3 aliphatic carbocycles. The summed E-state index contributed by atoms with van der Waals surface area (Å²) in [5.74, 6) is 3.46. The zero-order valence-corrected chi connectivity index (χ0v) is 24.9. The van der Waals surface area contributed by atoms with E-state index in [1.807, 2.05) is 25.3 Å². The maximum atomic E-state index is 13.3. The quantitative estimate of drug-likeness (QED) is 0.292. The number of halogens is 1. The Morgan fingerprint density at radius 3 is 2.88 bits per heavy atom. The molecule has 3 aliphatic heterocycles. The molecule has 0 radical (unpaired) electrons. The summed E-state index contributed by atoms with van der Waals surface area (Å²) in [6, 6.07) is 12.4. The van der Waals surface area contributed by atoms with Gasteiger partial charge in [0.2, 0.25) is 0 Å². The Morgan fingerprint density at radius 2 is 2.08 bits per heavy atom. The summed E-state index contributed by atoms with van der Waals surface area (Å²) in [4.78, 5) is 15.8. The van der Waals surface area contributed by atoms with Crippen molar-refractivity contribution in [2.24, 2.45) is 17.8 Å². The third-order valence-corrected chi connectivity index (χ3v) is 11.5. The summed E-state index contributed by atoms with van der Waals surface area (Å²) < 4.78 is 16.0. The van der Waals surface area contributed by atoms with Gasteiger partial charge in [0.15, 0.2) is 0 Å². The van der Waals surface area contributed by atoms with Crippen LogP contribution >= 0.6 is 23.5 Å². The molecule has 212 valence electrons. The number of nitrogens with zero attached hydrogens (tertiary/aromatic N) is 1. The minimum absolute atomic E-state index is 0.0236. The summed E-state index contributed by atoms with van der Waals surface area (Å²) in [6.07, 6.45) is 11.7. The zero-order valence-electron chi connectivity index (χ0n) is 23.3. The maximum Gasteiger partial charge on any atom is 0.261 e. The van der Waals surface area contributed by atoms with Crippen LogP contribution in [0.3, 0.4) is 0 Å². The Labute approximate surface area is 247 Å². The number of allylic oxidation sites excluding steroid dienone is 1. The van der Waals surface area contributed by atoms with Crippen molar-refractivity contribution in [1.82, 2.24) is 4.72 Å². The lowest BCUT2D eigenvalue weighted by molar-refractivity contribution is 0.00323. The summed E-state index contributed by atoms with van der Waals surface area (Å²) in [7, 11) is 1.90. The molecule has 40 heavy (non-hydrogen) atoms. The van der Waals surface area contributed by atoms with E-state index < -0.39 is 0 Å². The molecule has 1 N–H and O–H groups in total. The Kier molecular flexibility index (Phi) is 7.30. The third kappa shape index (κ3) is 4.84. The second-order valence-electron chi connectivity index (χ2n) is 12.6. The van der Waals surface area contributed by atoms with Gasteiger partial charge in [-0.1, -0.05) is 23.7 Å². The van der Waals surface area contributed by atoms with Crippen LogP contribution < -0.4 is 14.4 Å². The van der Waals surface area contributed by atoms with E-state index in [1.54, 1.807) is 11.9 Å². The van der Waals surface area contributed by atoms with Crippen molar-refractivity contribution in [3.63, 3.8) is 0 Å². The lowest BCUT2D eigenvalue weighted by Gasteiger charge is -2.47. The first-order chi connectivity index (χ1) is 19.5. The van der Waals surface area contributed by atoms with Crippen molar-refractivity contribution in [3.8, 4) is 5.75 Å². The van der Waals surface area contributed by atoms with Gasteiger partial charge in [0.1, 0.15) is 5.75 Å². The first-order valence-corrected chi connectivity index (χ1v) is 16.3. The Bertz CT molecular complexity index is 1330. The number of amides is 1. The van der Waals surface area contributed by atoms with E-state index in [4.69, 9.17) is 21.1 Å². The predicted octanol–water partition coefficient (Wildman–Crippen LogP) is 6.97. The number of anilines is 1. The van der Waals surface area contributed by atoms with Gasteiger partial charge < -0.3 is 14.4 Å². The molecule has 0 aromatic heterocycles. The first-order valence-electron chi connectivity index (χ1n) is 15.0. The number of carbonyl (C=O) groups excluding carboxylic acids is 1. The topological polar surface area (TPSA) is 50.8 Å². The Balaban J connectivity index is 1.28. The van der Waals surface area contributed by atoms with Gasteiger partial charge in [-0.15, -0.1) is 0 Å². The molecule has 1 spiro atoms. The highest BCUT2D eigenvalue weighted by atomic mass is 35.5. The highest BCUT2D eigenvalue weighted by molar-refractivity contribution is 7.97.